The summed E-state index contributed by atoms with van der Waals surface area (Å²) >= 11 is -2.11. The number of alkyl halides is 1. The van der Waals surface area contributed by atoms with E-state index < -0.39 is 17.3 Å². The molecule has 0 saturated heterocycles. The van der Waals surface area contributed by atoms with Crippen LogP contribution in [0.1, 0.15) is 26.3 Å². The summed E-state index contributed by atoms with van der Waals surface area (Å²) in [6, 6.07) is 6.15. The van der Waals surface area contributed by atoms with Crippen LogP contribution in [0.2, 0.25) is 0 Å². The molecule has 0 aliphatic rings. The fraction of sp³-hybridized carbons (Fsp3) is 0.571. The van der Waals surface area contributed by atoms with Gasteiger partial charge in [-0.3, -0.25) is 0 Å². The fourth-order valence-electron chi connectivity index (χ4n) is 1.59. The van der Waals surface area contributed by atoms with Gasteiger partial charge < -0.3 is 9.87 Å². The SMILES string of the molecule is CC.CC(Cc1ccc(F)cc1)NCC(F)CS(=O)O. The maximum absolute atomic E-state index is 13.1. The molecule has 0 saturated carbocycles. The molecular weight excluding hydrogens is 284 g/mol. The van der Waals surface area contributed by atoms with Crippen molar-refractivity contribution in [1.82, 2.24) is 5.32 Å². The van der Waals surface area contributed by atoms with Crippen LogP contribution in [0, 0.1) is 5.82 Å². The van der Waals surface area contributed by atoms with Crippen LogP contribution in [0.25, 0.3) is 0 Å². The van der Waals surface area contributed by atoms with E-state index in [0.717, 1.165) is 5.56 Å². The van der Waals surface area contributed by atoms with Crippen molar-refractivity contribution in [3.05, 3.63) is 35.6 Å². The second-order valence-electron chi connectivity index (χ2n) is 4.23. The van der Waals surface area contributed by atoms with Crippen LogP contribution in [0.15, 0.2) is 24.3 Å². The molecule has 20 heavy (non-hydrogen) atoms. The summed E-state index contributed by atoms with van der Waals surface area (Å²) in [5.74, 6) is -0.662. The van der Waals surface area contributed by atoms with Gasteiger partial charge >= 0.3 is 0 Å². The molecule has 2 N–H and O–H groups in total. The highest BCUT2D eigenvalue weighted by atomic mass is 32.2. The molecule has 0 spiro atoms. The maximum Gasteiger partial charge on any atom is 0.155 e. The molecule has 0 aromatic heterocycles. The molecule has 3 atom stereocenters. The maximum atomic E-state index is 13.1. The molecule has 1 rings (SSSR count). The van der Waals surface area contributed by atoms with Gasteiger partial charge in [-0.05, 0) is 31.0 Å². The van der Waals surface area contributed by atoms with E-state index in [1.807, 2.05) is 20.8 Å². The average Bonchev–Trinajstić information content (AvgIpc) is 2.41. The molecule has 1 aromatic carbocycles. The average molecular weight is 307 g/mol. The van der Waals surface area contributed by atoms with Crippen LogP contribution in [0.5, 0.6) is 0 Å². The molecular formula is C14H23F2NO2S. The number of benzene rings is 1. The van der Waals surface area contributed by atoms with Crippen molar-refractivity contribution < 1.29 is 17.5 Å². The van der Waals surface area contributed by atoms with Gasteiger partial charge in [-0.2, -0.15) is 0 Å². The smallest absolute Gasteiger partial charge is 0.155 e. The number of nitrogens with one attached hydrogen (secondary N) is 1. The summed E-state index contributed by atoms with van der Waals surface area (Å²) in [5, 5.41) is 2.94. The normalized spacial score (nSPS) is 14.9. The Morgan fingerprint density at radius 3 is 2.35 bits per heavy atom. The molecule has 0 fully saturated rings. The van der Waals surface area contributed by atoms with E-state index in [9.17, 15) is 13.0 Å². The molecule has 0 radical (unpaired) electrons. The van der Waals surface area contributed by atoms with Gasteiger partial charge in [-0.1, -0.05) is 26.0 Å². The zero-order chi connectivity index (χ0) is 15.5. The quantitative estimate of drug-likeness (QED) is 0.762. The predicted molar refractivity (Wildman–Crippen MR) is 79.5 cm³/mol. The van der Waals surface area contributed by atoms with Crippen molar-refractivity contribution in [1.29, 1.82) is 0 Å². The van der Waals surface area contributed by atoms with E-state index in [4.69, 9.17) is 4.55 Å². The van der Waals surface area contributed by atoms with E-state index >= 15 is 0 Å². The number of halogens is 2. The molecule has 0 aliphatic carbocycles. The minimum atomic E-state index is -2.11. The lowest BCUT2D eigenvalue weighted by Crippen LogP contribution is -2.35. The van der Waals surface area contributed by atoms with E-state index in [1.54, 1.807) is 12.1 Å². The number of hydrogen-bond donors (Lipinski definition) is 2. The predicted octanol–water partition coefficient (Wildman–Crippen LogP) is 2.93. The van der Waals surface area contributed by atoms with Crippen molar-refractivity contribution in [2.75, 3.05) is 12.3 Å². The molecule has 3 nitrogen and oxygen atoms in total. The van der Waals surface area contributed by atoms with Gasteiger partial charge in [0.2, 0.25) is 0 Å². The Morgan fingerprint density at radius 1 is 1.30 bits per heavy atom. The summed E-state index contributed by atoms with van der Waals surface area (Å²) in [7, 11) is 0. The standard InChI is InChI=1S/C12H17F2NO2S.C2H6/c1-9(15-7-12(14)8-18(16)17)6-10-2-4-11(13)5-3-10;1-2/h2-5,9,12,15H,6-8H2,1H3,(H,16,17);1-2H3. The zero-order valence-electron chi connectivity index (χ0n) is 12.1. The third-order valence-electron chi connectivity index (χ3n) is 2.47. The molecule has 6 heteroatoms. The van der Waals surface area contributed by atoms with Crippen molar-refractivity contribution in [3.63, 3.8) is 0 Å². The van der Waals surface area contributed by atoms with Crippen LogP contribution in [-0.4, -0.2) is 33.3 Å². The summed E-state index contributed by atoms with van der Waals surface area (Å²) < 4.78 is 44.7. The van der Waals surface area contributed by atoms with E-state index in [-0.39, 0.29) is 24.2 Å². The fourth-order valence-corrected chi connectivity index (χ4v) is 2.02. The van der Waals surface area contributed by atoms with E-state index in [1.165, 1.54) is 12.1 Å². The minimum absolute atomic E-state index is 0.0147. The Balaban J connectivity index is 0.00000172. The van der Waals surface area contributed by atoms with Crippen molar-refractivity contribution >= 4 is 11.1 Å². The number of hydrogen-bond acceptors (Lipinski definition) is 2. The first-order chi connectivity index (χ1) is 9.47. The zero-order valence-corrected chi connectivity index (χ0v) is 12.9. The molecule has 0 heterocycles. The summed E-state index contributed by atoms with van der Waals surface area (Å²) in [6.07, 6.45) is -0.693. The summed E-state index contributed by atoms with van der Waals surface area (Å²) in [6.45, 7) is 5.92. The Bertz CT molecular complexity index is 387. The monoisotopic (exact) mass is 307 g/mol. The minimum Gasteiger partial charge on any atom is -0.311 e. The second kappa shape index (κ2) is 10.9. The first-order valence-electron chi connectivity index (χ1n) is 6.66. The first-order valence-corrected chi connectivity index (χ1v) is 7.94. The van der Waals surface area contributed by atoms with Crippen LogP contribution < -0.4 is 5.32 Å². The highest BCUT2D eigenvalue weighted by Crippen LogP contribution is 2.06. The van der Waals surface area contributed by atoms with Gasteiger partial charge in [-0.15, -0.1) is 0 Å². The van der Waals surface area contributed by atoms with Crippen LogP contribution >= 0.6 is 0 Å². The molecule has 0 bridgehead atoms. The second-order valence-corrected chi connectivity index (χ2v) is 5.20. The van der Waals surface area contributed by atoms with Gasteiger partial charge in [0.25, 0.3) is 0 Å². The highest BCUT2D eigenvalue weighted by molar-refractivity contribution is 7.79. The lowest BCUT2D eigenvalue weighted by molar-refractivity contribution is 0.331. The van der Waals surface area contributed by atoms with Gasteiger partial charge in [0.15, 0.2) is 11.1 Å². The van der Waals surface area contributed by atoms with Crippen molar-refractivity contribution in [2.45, 2.75) is 39.4 Å². The highest BCUT2D eigenvalue weighted by Gasteiger charge is 2.11. The number of rotatable bonds is 7. The Morgan fingerprint density at radius 2 is 1.85 bits per heavy atom. The van der Waals surface area contributed by atoms with Gasteiger partial charge in [0.05, 0.1) is 5.75 Å². The van der Waals surface area contributed by atoms with Crippen molar-refractivity contribution in [3.8, 4) is 0 Å². The Labute approximate surface area is 122 Å². The van der Waals surface area contributed by atoms with Gasteiger partial charge in [0.1, 0.15) is 12.0 Å². The molecule has 3 unspecified atom stereocenters. The topological polar surface area (TPSA) is 49.3 Å². The molecule has 1 aromatic rings. The van der Waals surface area contributed by atoms with Crippen molar-refractivity contribution in [2.24, 2.45) is 0 Å². The van der Waals surface area contributed by atoms with E-state index in [0.29, 0.717) is 6.42 Å². The molecule has 0 aliphatic heterocycles. The third-order valence-corrected chi connectivity index (χ3v) is 3.11. The lowest BCUT2D eigenvalue weighted by atomic mass is 10.1. The Kier molecular flexibility index (Phi) is 10.4. The first kappa shape index (κ1) is 19.1. The summed E-state index contributed by atoms with van der Waals surface area (Å²) in [5.41, 5.74) is 0.956. The van der Waals surface area contributed by atoms with Gasteiger partial charge in [0, 0.05) is 12.6 Å². The summed E-state index contributed by atoms with van der Waals surface area (Å²) in [4.78, 5) is 0. The lowest BCUT2D eigenvalue weighted by Gasteiger charge is -2.15. The Hall–Kier alpha value is -0.850. The van der Waals surface area contributed by atoms with Gasteiger partial charge in [-0.25, -0.2) is 13.0 Å². The van der Waals surface area contributed by atoms with E-state index in [2.05, 4.69) is 5.32 Å². The van der Waals surface area contributed by atoms with Crippen LogP contribution in [0.3, 0.4) is 0 Å². The van der Waals surface area contributed by atoms with Crippen LogP contribution in [-0.2, 0) is 17.5 Å². The molecule has 0 amide bonds. The largest absolute Gasteiger partial charge is 0.311 e. The molecule has 116 valence electrons. The third kappa shape index (κ3) is 9.12. The van der Waals surface area contributed by atoms with Crippen LogP contribution in [0.4, 0.5) is 8.78 Å².